The highest BCUT2D eigenvalue weighted by molar-refractivity contribution is 7.15. The maximum atomic E-state index is 11.6. The molecule has 2 aromatic rings. The van der Waals surface area contributed by atoms with Crippen molar-refractivity contribution in [1.29, 1.82) is 0 Å². The zero-order chi connectivity index (χ0) is 15.1. The van der Waals surface area contributed by atoms with Crippen LogP contribution in [0.2, 0.25) is 0 Å². The highest BCUT2D eigenvalue weighted by atomic mass is 32.1. The Hall–Kier alpha value is -1.99. The predicted octanol–water partition coefficient (Wildman–Crippen LogP) is 2.99. The summed E-state index contributed by atoms with van der Waals surface area (Å²) in [7, 11) is 0. The summed E-state index contributed by atoms with van der Waals surface area (Å²) in [5.41, 5.74) is 3.30. The molecule has 1 aromatic carbocycles. The van der Waals surface area contributed by atoms with Gasteiger partial charge in [0.1, 0.15) is 5.01 Å². The smallest absolute Gasteiger partial charge is 0.280 e. The van der Waals surface area contributed by atoms with Gasteiger partial charge >= 0.3 is 6.03 Å². The molecular formula is C14H18N4O2S. The second-order valence-corrected chi connectivity index (χ2v) is 5.99. The third-order valence-electron chi connectivity index (χ3n) is 2.52. The lowest BCUT2D eigenvalue weighted by molar-refractivity contribution is 0.0536. The third kappa shape index (κ3) is 5.49. The van der Waals surface area contributed by atoms with E-state index in [-0.39, 0.29) is 0 Å². The second kappa shape index (κ2) is 7.70. The quantitative estimate of drug-likeness (QED) is 0.804. The van der Waals surface area contributed by atoms with E-state index >= 15 is 0 Å². The first kappa shape index (κ1) is 15.4. The van der Waals surface area contributed by atoms with Crippen molar-refractivity contribution in [2.75, 3.05) is 5.32 Å². The molecule has 0 radical (unpaired) electrons. The van der Waals surface area contributed by atoms with Gasteiger partial charge in [-0.25, -0.2) is 10.3 Å². The minimum Gasteiger partial charge on any atom is -0.280 e. The number of carbonyl (C=O) groups is 1. The maximum absolute atomic E-state index is 11.6. The molecule has 7 heteroatoms. The maximum Gasteiger partial charge on any atom is 0.345 e. The van der Waals surface area contributed by atoms with E-state index in [1.54, 1.807) is 0 Å². The minimum absolute atomic E-state index is 0.309. The minimum atomic E-state index is -0.460. The van der Waals surface area contributed by atoms with E-state index in [1.807, 2.05) is 30.3 Å². The van der Waals surface area contributed by atoms with E-state index in [0.29, 0.717) is 17.7 Å². The monoisotopic (exact) mass is 306 g/mol. The zero-order valence-corrected chi connectivity index (χ0v) is 12.8. The molecule has 0 atom stereocenters. The first-order valence-electron chi connectivity index (χ1n) is 6.68. The molecule has 1 heterocycles. The Kier molecular flexibility index (Phi) is 5.65. The molecule has 2 amide bonds. The highest BCUT2D eigenvalue weighted by Gasteiger charge is 2.09. The van der Waals surface area contributed by atoms with Crippen LogP contribution in [-0.2, 0) is 17.9 Å². The van der Waals surface area contributed by atoms with Gasteiger partial charge in [0.2, 0.25) is 5.13 Å². The molecule has 0 bridgehead atoms. The summed E-state index contributed by atoms with van der Waals surface area (Å²) in [4.78, 5) is 16.7. The van der Waals surface area contributed by atoms with Crippen molar-refractivity contribution < 1.29 is 9.63 Å². The number of rotatable bonds is 6. The Morgan fingerprint density at radius 1 is 1.29 bits per heavy atom. The van der Waals surface area contributed by atoms with E-state index in [1.165, 1.54) is 11.3 Å². The standard InChI is InChI=1S/C14H18N4O2S/c1-10(2)8-12-16-17-14(21-12)15-13(19)18-20-9-11-6-4-3-5-7-11/h3-7,10H,8-9H2,1-2H3,(H2,15,17,18,19). The number of urea groups is 1. The molecule has 0 fully saturated rings. The molecule has 0 aliphatic heterocycles. The summed E-state index contributed by atoms with van der Waals surface area (Å²) in [6.45, 7) is 4.53. The Bertz CT molecular complexity index is 571. The normalized spacial score (nSPS) is 10.6. The number of amides is 2. The van der Waals surface area contributed by atoms with Crippen LogP contribution in [-0.4, -0.2) is 16.2 Å². The van der Waals surface area contributed by atoms with Gasteiger partial charge in [0.25, 0.3) is 0 Å². The first-order valence-corrected chi connectivity index (χ1v) is 7.50. The van der Waals surface area contributed by atoms with E-state index < -0.39 is 6.03 Å². The summed E-state index contributed by atoms with van der Waals surface area (Å²) in [6.07, 6.45) is 0.853. The largest absolute Gasteiger partial charge is 0.345 e. The van der Waals surface area contributed by atoms with Crippen molar-refractivity contribution in [3.05, 3.63) is 40.9 Å². The number of nitrogens with zero attached hydrogens (tertiary/aromatic N) is 2. The molecule has 1 aromatic heterocycles. The molecule has 112 valence electrons. The Morgan fingerprint density at radius 2 is 2.05 bits per heavy atom. The summed E-state index contributed by atoms with van der Waals surface area (Å²) in [5.74, 6) is 0.508. The molecule has 0 saturated carbocycles. The van der Waals surface area contributed by atoms with Crippen LogP contribution in [0.25, 0.3) is 0 Å². The average molecular weight is 306 g/mol. The summed E-state index contributed by atoms with van der Waals surface area (Å²) in [6, 6.07) is 9.13. The lowest BCUT2D eigenvalue weighted by Crippen LogP contribution is -2.28. The fourth-order valence-electron chi connectivity index (χ4n) is 1.62. The van der Waals surface area contributed by atoms with E-state index in [9.17, 15) is 4.79 Å². The molecule has 0 saturated heterocycles. The number of carbonyl (C=O) groups excluding carboxylic acids is 1. The number of aromatic nitrogens is 2. The molecular weight excluding hydrogens is 288 g/mol. The molecule has 6 nitrogen and oxygen atoms in total. The molecule has 21 heavy (non-hydrogen) atoms. The Balaban J connectivity index is 1.73. The number of anilines is 1. The molecule has 0 spiro atoms. The molecule has 0 aliphatic carbocycles. The van der Waals surface area contributed by atoms with Gasteiger partial charge in [-0.05, 0) is 11.5 Å². The molecule has 2 rings (SSSR count). The SMILES string of the molecule is CC(C)Cc1nnc(NC(=O)NOCc2ccccc2)s1. The van der Waals surface area contributed by atoms with Crippen LogP contribution in [0.4, 0.5) is 9.93 Å². The van der Waals surface area contributed by atoms with Crippen molar-refractivity contribution in [2.24, 2.45) is 5.92 Å². The van der Waals surface area contributed by atoms with Gasteiger partial charge in [0.15, 0.2) is 0 Å². The van der Waals surface area contributed by atoms with Gasteiger partial charge in [-0.2, -0.15) is 0 Å². The van der Waals surface area contributed by atoms with Gasteiger partial charge in [-0.1, -0.05) is 55.5 Å². The van der Waals surface area contributed by atoms with Crippen molar-refractivity contribution >= 4 is 22.5 Å². The van der Waals surface area contributed by atoms with Crippen LogP contribution < -0.4 is 10.8 Å². The van der Waals surface area contributed by atoms with Gasteiger partial charge < -0.3 is 0 Å². The lowest BCUT2D eigenvalue weighted by atomic mass is 10.1. The van der Waals surface area contributed by atoms with Crippen molar-refractivity contribution in [3.63, 3.8) is 0 Å². The summed E-state index contributed by atoms with van der Waals surface area (Å²) >= 11 is 1.37. The number of nitrogens with one attached hydrogen (secondary N) is 2. The number of hydrogen-bond donors (Lipinski definition) is 2. The van der Waals surface area contributed by atoms with Crippen LogP contribution in [0.1, 0.15) is 24.4 Å². The topological polar surface area (TPSA) is 76.1 Å². The van der Waals surface area contributed by atoms with Crippen LogP contribution in [0.15, 0.2) is 30.3 Å². The van der Waals surface area contributed by atoms with Crippen LogP contribution in [0.3, 0.4) is 0 Å². The summed E-state index contributed by atoms with van der Waals surface area (Å²) < 4.78 is 0. The van der Waals surface area contributed by atoms with Gasteiger partial charge in [-0.15, -0.1) is 10.2 Å². The van der Waals surface area contributed by atoms with Gasteiger partial charge in [-0.3, -0.25) is 10.2 Å². The average Bonchev–Trinajstić information content (AvgIpc) is 2.86. The van der Waals surface area contributed by atoms with Gasteiger partial charge in [0, 0.05) is 6.42 Å². The Morgan fingerprint density at radius 3 is 2.76 bits per heavy atom. The number of hydrogen-bond acceptors (Lipinski definition) is 5. The zero-order valence-electron chi connectivity index (χ0n) is 12.0. The highest BCUT2D eigenvalue weighted by Crippen LogP contribution is 2.17. The van der Waals surface area contributed by atoms with Crippen molar-refractivity contribution in [2.45, 2.75) is 26.9 Å². The van der Waals surface area contributed by atoms with Crippen LogP contribution in [0, 0.1) is 5.92 Å². The predicted molar refractivity (Wildman–Crippen MR) is 81.8 cm³/mol. The number of hydroxylamine groups is 1. The van der Waals surface area contributed by atoms with E-state index in [2.05, 4.69) is 34.8 Å². The van der Waals surface area contributed by atoms with Crippen molar-refractivity contribution in [1.82, 2.24) is 15.7 Å². The van der Waals surface area contributed by atoms with Crippen molar-refractivity contribution in [3.8, 4) is 0 Å². The van der Waals surface area contributed by atoms with Crippen LogP contribution in [0.5, 0.6) is 0 Å². The van der Waals surface area contributed by atoms with E-state index in [4.69, 9.17) is 4.84 Å². The number of benzene rings is 1. The molecule has 0 unspecified atom stereocenters. The summed E-state index contributed by atoms with van der Waals surface area (Å²) in [5, 5.41) is 11.9. The fourth-order valence-corrected chi connectivity index (χ4v) is 2.56. The third-order valence-corrected chi connectivity index (χ3v) is 3.38. The first-order chi connectivity index (χ1) is 10.1. The lowest BCUT2D eigenvalue weighted by Gasteiger charge is -2.05. The second-order valence-electron chi connectivity index (χ2n) is 4.93. The van der Waals surface area contributed by atoms with Gasteiger partial charge in [0.05, 0.1) is 6.61 Å². The fraction of sp³-hybridized carbons (Fsp3) is 0.357. The van der Waals surface area contributed by atoms with E-state index in [0.717, 1.165) is 17.0 Å². The van der Waals surface area contributed by atoms with Crippen LogP contribution >= 0.6 is 11.3 Å². The Labute approximate surface area is 127 Å². The molecule has 0 aliphatic rings. The molecule has 2 N–H and O–H groups in total.